The van der Waals surface area contributed by atoms with Gasteiger partial charge in [0.25, 0.3) is 0 Å². The van der Waals surface area contributed by atoms with E-state index in [4.69, 9.17) is 11.6 Å². The van der Waals surface area contributed by atoms with Gasteiger partial charge in [0.15, 0.2) is 0 Å². The molecular weight excluding hydrogens is 254 g/mol. The van der Waals surface area contributed by atoms with Gasteiger partial charge in [0.1, 0.15) is 0 Å². The van der Waals surface area contributed by atoms with E-state index < -0.39 is 10.0 Å². The third kappa shape index (κ3) is 4.97. The molecule has 0 saturated carbocycles. The monoisotopic (exact) mass is 267 g/mol. The highest BCUT2D eigenvalue weighted by Crippen LogP contribution is 2.11. The highest BCUT2D eigenvalue weighted by molar-refractivity contribution is 7.89. The summed E-state index contributed by atoms with van der Waals surface area (Å²) in [5.74, 6) is 0.102. The van der Waals surface area contributed by atoms with Crippen LogP contribution < -0.4 is 4.72 Å². The quantitative estimate of drug-likeness (QED) is 0.800. The third-order valence-electron chi connectivity index (χ3n) is 1.81. The van der Waals surface area contributed by atoms with Crippen molar-refractivity contribution in [3.63, 3.8) is 0 Å². The minimum atomic E-state index is -3.21. The molecule has 1 aromatic heterocycles. The molecule has 1 aromatic rings. The molecule has 1 N–H and O–H groups in total. The number of thiophene rings is 1. The third-order valence-corrected chi connectivity index (χ3v) is 4.63. The van der Waals surface area contributed by atoms with Crippen LogP contribution in [0.4, 0.5) is 0 Å². The Morgan fingerprint density at radius 3 is 2.87 bits per heavy atom. The molecule has 1 unspecified atom stereocenters. The molecule has 0 bridgehead atoms. The van der Waals surface area contributed by atoms with Crippen LogP contribution in [0.2, 0.25) is 0 Å². The Kier molecular flexibility index (Phi) is 5.05. The van der Waals surface area contributed by atoms with Crippen molar-refractivity contribution in [2.45, 2.75) is 19.4 Å². The summed E-state index contributed by atoms with van der Waals surface area (Å²) in [5, 5.41) is 1.98. The maximum atomic E-state index is 11.4. The molecule has 1 atom stereocenters. The predicted molar refractivity (Wildman–Crippen MR) is 65.1 cm³/mol. The molecule has 0 aromatic carbocycles. The Labute approximate surface area is 99.5 Å². The summed E-state index contributed by atoms with van der Waals surface area (Å²) in [4.78, 5) is 1.18. The van der Waals surface area contributed by atoms with E-state index in [0.717, 1.165) is 6.42 Å². The summed E-state index contributed by atoms with van der Waals surface area (Å²) in [6.07, 6.45) is 0.721. The zero-order valence-electron chi connectivity index (χ0n) is 8.44. The van der Waals surface area contributed by atoms with Gasteiger partial charge in [-0.2, -0.15) is 0 Å². The second-order valence-electron chi connectivity index (χ2n) is 3.31. The summed E-state index contributed by atoms with van der Waals surface area (Å²) in [6.45, 7) is 1.85. The normalized spacial score (nSPS) is 14.0. The number of hydrogen-bond acceptors (Lipinski definition) is 3. The van der Waals surface area contributed by atoms with Crippen molar-refractivity contribution in [2.24, 2.45) is 0 Å². The van der Waals surface area contributed by atoms with Crippen molar-refractivity contribution in [1.29, 1.82) is 0 Å². The first kappa shape index (κ1) is 13.0. The van der Waals surface area contributed by atoms with Gasteiger partial charge in [-0.05, 0) is 24.8 Å². The molecule has 3 nitrogen and oxygen atoms in total. The number of sulfonamides is 1. The minimum Gasteiger partial charge on any atom is -0.212 e. The summed E-state index contributed by atoms with van der Waals surface area (Å²) in [7, 11) is -3.21. The van der Waals surface area contributed by atoms with Gasteiger partial charge in [0.05, 0.1) is 5.75 Å². The molecule has 15 heavy (non-hydrogen) atoms. The molecule has 0 aliphatic rings. The van der Waals surface area contributed by atoms with Crippen LogP contribution in [0.25, 0.3) is 0 Å². The first-order valence-corrected chi connectivity index (χ1v) is 7.68. The van der Waals surface area contributed by atoms with Crippen LogP contribution in [-0.4, -0.2) is 26.1 Å². The molecule has 0 amide bonds. The Balaban J connectivity index is 2.46. The number of halogens is 1. The van der Waals surface area contributed by atoms with Crippen LogP contribution in [0.3, 0.4) is 0 Å². The number of rotatable bonds is 6. The van der Waals surface area contributed by atoms with Gasteiger partial charge in [0.2, 0.25) is 10.0 Å². The smallest absolute Gasteiger partial charge is 0.212 e. The van der Waals surface area contributed by atoms with Gasteiger partial charge in [-0.3, -0.25) is 0 Å². The summed E-state index contributed by atoms with van der Waals surface area (Å²) >= 11 is 7.02. The van der Waals surface area contributed by atoms with Crippen molar-refractivity contribution in [3.8, 4) is 0 Å². The Morgan fingerprint density at radius 2 is 2.33 bits per heavy atom. The van der Waals surface area contributed by atoms with E-state index in [1.807, 2.05) is 24.4 Å². The molecule has 0 aliphatic carbocycles. The highest BCUT2D eigenvalue weighted by Gasteiger charge is 2.14. The lowest BCUT2D eigenvalue weighted by atomic mass is 10.2. The average Bonchev–Trinajstić information content (AvgIpc) is 2.54. The van der Waals surface area contributed by atoms with E-state index in [0.29, 0.717) is 0 Å². The van der Waals surface area contributed by atoms with Crippen molar-refractivity contribution in [3.05, 3.63) is 22.4 Å². The summed E-state index contributed by atoms with van der Waals surface area (Å²) < 4.78 is 25.3. The number of hydrogen-bond donors (Lipinski definition) is 1. The summed E-state index contributed by atoms with van der Waals surface area (Å²) in [5.41, 5.74) is 0. The first-order chi connectivity index (χ1) is 7.03. The van der Waals surface area contributed by atoms with Crippen LogP contribution in [0.1, 0.15) is 11.8 Å². The fourth-order valence-electron chi connectivity index (χ4n) is 1.24. The van der Waals surface area contributed by atoms with Gasteiger partial charge >= 0.3 is 0 Å². The zero-order chi connectivity index (χ0) is 11.3. The molecule has 86 valence electrons. The Hall–Kier alpha value is -0.100. The maximum absolute atomic E-state index is 11.4. The van der Waals surface area contributed by atoms with Crippen LogP contribution >= 0.6 is 22.9 Å². The number of nitrogens with one attached hydrogen (secondary N) is 1. The van der Waals surface area contributed by atoms with E-state index in [9.17, 15) is 8.42 Å². The van der Waals surface area contributed by atoms with Crippen LogP contribution in [0.15, 0.2) is 17.5 Å². The fraction of sp³-hybridized carbons (Fsp3) is 0.556. The molecule has 1 rings (SSSR count). The SMILES string of the molecule is CC(Cc1cccs1)NS(=O)(=O)CCCl. The second-order valence-corrected chi connectivity index (χ2v) is 6.59. The maximum Gasteiger partial charge on any atom is 0.213 e. The molecule has 0 saturated heterocycles. The van der Waals surface area contributed by atoms with E-state index in [-0.39, 0.29) is 17.7 Å². The molecular formula is C9H14ClNO2S2. The first-order valence-electron chi connectivity index (χ1n) is 4.62. The topological polar surface area (TPSA) is 46.2 Å². The molecule has 0 radical (unpaired) electrons. The standard InChI is InChI=1S/C9H14ClNO2S2/c1-8(7-9-3-2-5-14-9)11-15(12,13)6-4-10/h2-3,5,8,11H,4,6-7H2,1H3. The van der Waals surface area contributed by atoms with Crippen molar-refractivity contribution >= 4 is 33.0 Å². The van der Waals surface area contributed by atoms with Crippen LogP contribution in [0.5, 0.6) is 0 Å². The summed E-state index contributed by atoms with van der Waals surface area (Å²) in [6, 6.07) is 3.87. The molecule has 0 fully saturated rings. The van der Waals surface area contributed by atoms with E-state index in [1.54, 1.807) is 11.3 Å². The van der Waals surface area contributed by atoms with E-state index in [2.05, 4.69) is 4.72 Å². The second kappa shape index (κ2) is 5.84. The zero-order valence-corrected chi connectivity index (χ0v) is 10.8. The molecule has 6 heteroatoms. The van der Waals surface area contributed by atoms with E-state index in [1.165, 1.54) is 4.88 Å². The van der Waals surface area contributed by atoms with Gasteiger partial charge in [-0.1, -0.05) is 6.07 Å². The predicted octanol–water partition coefficient (Wildman–Crippen LogP) is 1.84. The van der Waals surface area contributed by atoms with Crippen LogP contribution in [-0.2, 0) is 16.4 Å². The lowest BCUT2D eigenvalue weighted by molar-refractivity contribution is 0.562. The van der Waals surface area contributed by atoms with Gasteiger partial charge < -0.3 is 0 Å². The minimum absolute atomic E-state index is 0.0245. The molecule has 0 spiro atoms. The fourth-order valence-corrected chi connectivity index (χ4v) is 3.70. The van der Waals surface area contributed by atoms with Gasteiger partial charge in [0, 0.05) is 16.8 Å². The number of alkyl halides is 1. The van der Waals surface area contributed by atoms with Crippen molar-refractivity contribution in [1.82, 2.24) is 4.72 Å². The largest absolute Gasteiger partial charge is 0.213 e. The Bertz CT molecular complexity index is 375. The van der Waals surface area contributed by atoms with Gasteiger partial charge in [-0.15, -0.1) is 22.9 Å². The lowest BCUT2D eigenvalue weighted by Crippen LogP contribution is -2.35. The van der Waals surface area contributed by atoms with Gasteiger partial charge in [-0.25, -0.2) is 13.1 Å². The highest BCUT2D eigenvalue weighted by atomic mass is 35.5. The average molecular weight is 268 g/mol. The molecule has 1 heterocycles. The Morgan fingerprint density at radius 1 is 1.60 bits per heavy atom. The van der Waals surface area contributed by atoms with Crippen molar-refractivity contribution in [2.75, 3.05) is 11.6 Å². The molecule has 0 aliphatic heterocycles. The van der Waals surface area contributed by atoms with Crippen LogP contribution in [0, 0.1) is 0 Å². The van der Waals surface area contributed by atoms with Crippen molar-refractivity contribution < 1.29 is 8.42 Å². The lowest BCUT2D eigenvalue weighted by Gasteiger charge is -2.12. The van der Waals surface area contributed by atoms with E-state index >= 15 is 0 Å².